The molecule has 2 saturated heterocycles. The fourth-order valence-corrected chi connectivity index (χ4v) is 5.38. The van der Waals surface area contributed by atoms with Gasteiger partial charge in [-0.1, -0.05) is 0 Å². The lowest BCUT2D eigenvalue weighted by Crippen LogP contribution is -2.60. The zero-order chi connectivity index (χ0) is 22.8. The van der Waals surface area contributed by atoms with Gasteiger partial charge in [0, 0.05) is 43.5 Å². The molecule has 3 aliphatic rings. The van der Waals surface area contributed by atoms with E-state index >= 15 is 0 Å². The number of aryl methyl sites for hydroxylation is 2. The number of urea groups is 1. The Morgan fingerprint density at radius 1 is 1.28 bits per heavy atom. The predicted molar refractivity (Wildman–Crippen MR) is 119 cm³/mol. The number of aromatic amines is 1. The minimum atomic E-state index is -0.545. The monoisotopic (exact) mass is 440 g/mol. The largest absolute Gasteiger partial charge is 0.321 e. The summed E-state index contributed by atoms with van der Waals surface area (Å²) in [6, 6.07) is 2.44. The molecule has 10 heteroatoms. The summed E-state index contributed by atoms with van der Waals surface area (Å²) < 4.78 is 1.67. The van der Waals surface area contributed by atoms with Crippen molar-refractivity contribution in [2.75, 3.05) is 25.0 Å². The number of amides is 3. The molecule has 0 unspecified atom stereocenters. The molecule has 2 aromatic heterocycles. The van der Waals surface area contributed by atoms with Crippen LogP contribution in [0.2, 0.25) is 0 Å². The molecule has 10 nitrogen and oxygen atoms in total. The van der Waals surface area contributed by atoms with Crippen LogP contribution in [0.4, 0.5) is 10.6 Å². The quantitative estimate of drug-likeness (QED) is 0.744. The summed E-state index contributed by atoms with van der Waals surface area (Å²) in [5, 5.41) is 14.5. The lowest BCUT2D eigenvalue weighted by Gasteiger charge is -2.45. The summed E-state index contributed by atoms with van der Waals surface area (Å²) in [5.74, 6) is 0.155. The summed E-state index contributed by atoms with van der Waals surface area (Å²) in [5.41, 5.74) is 2.42. The van der Waals surface area contributed by atoms with E-state index < -0.39 is 5.54 Å². The van der Waals surface area contributed by atoms with Crippen LogP contribution in [0.15, 0.2) is 6.07 Å². The van der Waals surface area contributed by atoms with Gasteiger partial charge >= 0.3 is 6.03 Å². The van der Waals surface area contributed by atoms with Gasteiger partial charge in [0.1, 0.15) is 0 Å². The minimum absolute atomic E-state index is 0.0521. The molecule has 3 aliphatic heterocycles. The summed E-state index contributed by atoms with van der Waals surface area (Å²) in [6.45, 7) is 11.3. The highest BCUT2D eigenvalue weighted by Gasteiger charge is 2.47. The van der Waals surface area contributed by atoms with Crippen molar-refractivity contribution in [1.82, 2.24) is 34.7 Å². The summed E-state index contributed by atoms with van der Waals surface area (Å²) in [4.78, 5) is 32.8. The Hall–Kier alpha value is -2.88. The zero-order valence-corrected chi connectivity index (χ0v) is 19.5. The van der Waals surface area contributed by atoms with E-state index in [-0.39, 0.29) is 18.0 Å². The molecule has 2 fully saturated rings. The van der Waals surface area contributed by atoms with E-state index in [9.17, 15) is 9.59 Å². The lowest BCUT2D eigenvalue weighted by atomic mass is 10.0. The van der Waals surface area contributed by atoms with E-state index in [0.29, 0.717) is 24.1 Å². The third kappa shape index (κ3) is 3.19. The molecule has 0 spiro atoms. The van der Waals surface area contributed by atoms with Gasteiger partial charge in [-0.05, 0) is 53.1 Å². The predicted octanol–water partition coefficient (Wildman–Crippen LogP) is 2.04. The average Bonchev–Trinajstić information content (AvgIpc) is 3.48. The molecule has 3 amide bonds. The van der Waals surface area contributed by atoms with Gasteiger partial charge in [0.05, 0.1) is 17.8 Å². The van der Waals surface area contributed by atoms with Crippen LogP contribution in [-0.4, -0.2) is 78.3 Å². The fourth-order valence-electron chi connectivity index (χ4n) is 5.38. The van der Waals surface area contributed by atoms with Gasteiger partial charge in [0.15, 0.2) is 11.5 Å². The summed E-state index contributed by atoms with van der Waals surface area (Å²) >= 11 is 0. The van der Waals surface area contributed by atoms with Crippen LogP contribution in [0.5, 0.6) is 0 Å². The number of H-pyrrole nitrogens is 1. The van der Waals surface area contributed by atoms with Gasteiger partial charge in [0.2, 0.25) is 0 Å². The minimum Gasteiger partial charge on any atom is -0.319 e. The Balaban J connectivity index is 1.35. The highest BCUT2D eigenvalue weighted by Crippen LogP contribution is 2.41. The van der Waals surface area contributed by atoms with Crippen LogP contribution >= 0.6 is 0 Å². The maximum atomic E-state index is 13.7. The van der Waals surface area contributed by atoms with Crippen LogP contribution < -0.4 is 5.32 Å². The molecule has 2 atom stereocenters. The van der Waals surface area contributed by atoms with Gasteiger partial charge in [-0.2, -0.15) is 10.2 Å². The van der Waals surface area contributed by atoms with Crippen LogP contribution in [0.3, 0.4) is 0 Å². The highest BCUT2D eigenvalue weighted by atomic mass is 16.2. The van der Waals surface area contributed by atoms with Crippen LogP contribution in [0, 0.1) is 6.92 Å². The van der Waals surface area contributed by atoms with Crippen molar-refractivity contribution < 1.29 is 9.59 Å². The van der Waals surface area contributed by atoms with Crippen molar-refractivity contribution in [1.29, 1.82) is 0 Å². The van der Waals surface area contributed by atoms with Crippen molar-refractivity contribution in [2.45, 2.75) is 64.7 Å². The Bertz CT molecular complexity index is 1050. The molecule has 2 aromatic rings. The number of rotatable bonds is 2. The molecule has 0 bridgehead atoms. The number of carbonyl (C=O) groups excluding carboxylic acids is 2. The van der Waals surface area contributed by atoms with E-state index in [1.807, 2.05) is 30.6 Å². The van der Waals surface area contributed by atoms with E-state index in [1.165, 1.54) is 6.42 Å². The van der Waals surface area contributed by atoms with Crippen molar-refractivity contribution >= 4 is 17.8 Å². The molecule has 5 rings (SSSR count). The molecule has 0 saturated carbocycles. The lowest BCUT2D eigenvalue weighted by molar-refractivity contribution is 0.0454. The molecule has 0 aliphatic carbocycles. The standard InChI is InChI=1S/C22H32N8O2/c1-13-9-17(26-27(13)5)20(31)23-19-16-12-30(22(3,4)18(16)24-25-19)21(32)29-11-15-7-6-8-28(15)10-14(29)2/h9,14-15H,6-8,10-12H2,1-5H3,(H2,23,24,25,31)/t14-,15-/m0/s1. The number of piperazine rings is 1. The number of aromatic nitrogens is 4. The van der Waals surface area contributed by atoms with Crippen molar-refractivity contribution in [3.8, 4) is 0 Å². The molecular weight excluding hydrogens is 408 g/mol. The Kier molecular flexibility index (Phi) is 4.81. The van der Waals surface area contributed by atoms with Gasteiger partial charge in [-0.25, -0.2) is 4.79 Å². The average molecular weight is 441 g/mol. The third-order valence-corrected chi connectivity index (χ3v) is 7.46. The summed E-state index contributed by atoms with van der Waals surface area (Å²) in [7, 11) is 1.80. The number of carbonyl (C=O) groups is 2. The van der Waals surface area contributed by atoms with Gasteiger partial charge in [-0.3, -0.25) is 19.5 Å². The number of fused-ring (bicyclic) bond motifs is 2. The first kappa shape index (κ1) is 21.0. The first-order chi connectivity index (χ1) is 15.2. The molecule has 0 aromatic carbocycles. The second-order valence-electron chi connectivity index (χ2n) is 9.89. The maximum absolute atomic E-state index is 13.7. The first-order valence-corrected chi connectivity index (χ1v) is 11.4. The third-order valence-electron chi connectivity index (χ3n) is 7.46. The molecule has 2 N–H and O–H groups in total. The summed E-state index contributed by atoms with van der Waals surface area (Å²) in [6.07, 6.45) is 2.37. The smallest absolute Gasteiger partial charge is 0.319 e. The van der Waals surface area contributed by atoms with Crippen LogP contribution in [-0.2, 0) is 19.1 Å². The number of hydrogen-bond donors (Lipinski definition) is 2. The maximum Gasteiger partial charge on any atom is 0.321 e. The Morgan fingerprint density at radius 2 is 2.06 bits per heavy atom. The molecule has 32 heavy (non-hydrogen) atoms. The van der Waals surface area contributed by atoms with Crippen LogP contribution in [0.25, 0.3) is 0 Å². The number of anilines is 1. The van der Waals surface area contributed by atoms with E-state index in [1.54, 1.807) is 17.8 Å². The normalized spacial score (nSPS) is 24.5. The first-order valence-electron chi connectivity index (χ1n) is 11.4. The molecule has 5 heterocycles. The Labute approximate surface area is 187 Å². The van der Waals surface area contributed by atoms with Gasteiger partial charge in [0.25, 0.3) is 5.91 Å². The SMILES string of the molecule is Cc1cc(C(=O)Nc2n[nH]c3c2CN(C(=O)N2C[C@@H]4CCCN4C[C@@H]2C)C3(C)C)nn1C. The van der Waals surface area contributed by atoms with Crippen molar-refractivity contribution in [2.24, 2.45) is 7.05 Å². The topological polar surface area (TPSA) is 102 Å². The second kappa shape index (κ2) is 7.33. The number of nitrogens with one attached hydrogen (secondary N) is 2. The number of nitrogens with zero attached hydrogens (tertiary/aromatic N) is 6. The Morgan fingerprint density at radius 3 is 2.78 bits per heavy atom. The number of hydrogen-bond acceptors (Lipinski definition) is 5. The zero-order valence-electron chi connectivity index (χ0n) is 19.5. The van der Waals surface area contributed by atoms with E-state index in [2.05, 4.69) is 32.4 Å². The highest BCUT2D eigenvalue weighted by molar-refractivity contribution is 6.03. The van der Waals surface area contributed by atoms with Crippen molar-refractivity contribution in [3.05, 3.63) is 28.7 Å². The van der Waals surface area contributed by atoms with Crippen molar-refractivity contribution in [3.63, 3.8) is 0 Å². The van der Waals surface area contributed by atoms with Crippen LogP contribution in [0.1, 0.15) is 61.1 Å². The van der Waals surface area contributed by atoms with Gasteiger partial charge < -0.3 is 15.1 Å². The fraction of sp³-hybridized carbons (Fsp3) is 0.636. The molecule has 172 valence electrons. The second-order valence-corrected chi connectivity index (χ2v) is 9.89. The van der Waals surface area contributed by atoms with Gasteiger partial charge in [-0.15, -0.1) is 0 Å². The van der Waals surface area contributed by atoms with E-state index in [4.69, 9.17) is 0 Å². The molecular formula is C22H32N8O2. The molecule has 0 radical (unpaired) electrons. The van der Waals surface area contributed by atoms with E-state index in [0.717, 1.165) is 43.0 Å².